The Balaban J connectivity index is 1.68. The summed E-state index contributed by atoms with van der Waals surface area (Å²) in [5.74, 6) is 0.753. The molecular weight excluding hydrogens is 304 g/mol. The predicted molar refractivity (Wildman–Crippen MR) is 92.0 cm³/mol. The molecule has 2 aromatic carbocycles. The molecule has 1 aliphatic rings. The molecule has 0 bridgehead atoms. The highest BCUT2D eigenvalue weighted by molar-refractivity contribution is 6.04. The maximum atomic E-state index is 12.4. The number of amides is 2. The summed E-state index contributed by atoms with van der Waals surface area (Å²) < 4.78 is 5.10. The molecule has 1 saturated heterocycles. The first-order chi connectivity index (χ1) is 11.7. The summed E-state index contributed by atoms with van der Waals surface area (Å²) in [6.07, 6.45) is 1.54. The SMILES string of the molecule is COc1ccc(NC(=O)c2cccc(CN3CCCC3=O)c2)cc1. The fourth-order valence-electron chi connectivity index (χ4n) is 2.78. The molecule has 124 valence electrons. The summed E-state index contributed by atoms with van der Waals surface area (Å²) in [5.41, 5.74) is 2.25. The molecule has 0 radical (unpaired) electrons. The summed E-state index contributed by atoms with van der Waals surface area (Å²) in [4.78, 5) is 26.0. The van der Waals surface area contributed by atoms with Crippen molar-refractivity contribution in [3.8, 4) is 5.75 Å². The number of methoxy groups -OCH3 is 1. The van der Waals surface area contributed by atoms with Crippen LogP contribution in [0.3, 0.4) is 0 Å². The van der Waals surface area contributed by atoms with Gasteiger partial charge in [-0.1, -0.05) is 12.1 Å². The van der Waals surface area contributed by atoms with Crippen molar-refractivity contribution in [2.45, 2.75) is 19.4 Å². The first-order valence-corrected chi connectivity index (χ1v) is 7.98. The lowest BCUT2D eigenvalue weighted by molar-refractivity contribution is -0.128. The predicted octanol–water partition coefficient (Wildman–Crippen LogP) is 3.07. The highest BCUT2D eigenvalue weighted by atomic mass is 16.5. The number of carbonyl (C=O) groups excluding carboxylic acids is 2. The summed E-state index contributed by atoms with van der Waals surface area (Å²) in [6.45, 7) is 1.35. The van der Waals surface area contributed by atoms with E-state index in [-0.39, 0.29) is 11.8 Å². The standard InChI is InChI=1S/C19H20N2O3/c1-24-17-9-7-16(8-10-17)20-19(23)15-5-2-4-14(12-15)13-21-11-3-6-18(21)22/h2,4-5,7-10,12H,3,6,11,13H2,1H3,(H,20,23). The van der Waals surface area contributed by atoms with E-state index in [4.69, 9.17) is 4.74 Å². The minimum Gasteiger partial charge on any atom is -0.497 e. The molecule has 0 spiro atoms. The van der Waals surface area contributed by atoms with Crippen LogP contribution in [0.15, 0.2) is 48.5 Å². The minimum absolute atomic E-state index is 0.172. The maximum Gasteiger partial charge on any atom is 0.255 e. The Bertz CT molecular complexity index is 741. The van der Waals surface area contributed by atoms with Gasteiger partial charge in [0.25, 0.3) is 5.91 Å². The van der Waals surface area contributed by atoms with Crippen LogP contribution >= 0.6 is 0 Å². The number of hydrogen-bond donors (Lipinski definition) is 1. The quantitative estimate of drug-likeness (QED) is 0.919. The fourth-order valence-corrected chi connectivity index (χ4v) is 2.78. The van der Waals surface area contributed by atoms with Gasteiger partial charge in [0, 0.05) is 30.8 Å². The average Bonchev–Trinajstić information content (AvgIpc) is 3.00. The number of likely N-dealkylation sites (tertiary alicyclic amines) is 1. The molecule has 0 aliphatic carbocycles. The van der Waals surface area contributed by atoms with E-state index in [9.17, 15) is 9.59 Å². The molecule has 5 heteroatoms. The van der Waals surface area contributed by atoms with Crippen molar-refractivity contribution in [2.75, 3.05) is 19.0 Å². The van der Waals surface area contributed by atoms with Gasteiger partial charge in [0.1, 0.15) is 5.75 Å². The smallest absolute Gasteiger partial charge is 0.255 e. The molecule has 24 heavy (non-hydrogen) atoms. The van der Waals surface area contributed by atoms with Crippen molar-refractivity contribution in [3.05, 3.63) is 59.7 Å². The van der Waals surface area contributed by atoms with Crippen molar-refractivity contribution in [1.29, 1.82) is 0 Å². The van der Waals surface area contributed by atoms with E-state index >= 15 is 0 Å². The van der Waals surface area contributed by atoms with Crippen molar-refractivity contribution in [1.82, 2.24) is 4.90 Å². The van der Waals surface area contributed by atoms with Crippen LogP contribution in [-0.4, -0.2) is 30.4 Å². The van der Waals surface area contributed by atoms with E-state index in [1.165, 1.54) is 0 Å². The molecular formula is C19H20N2O3. The summed E-state index contributed by atoms with van der Waals surface area (Å²) in [5, 5.41) is 2.86. The molecule has 1 N–H and O–H groups in total. The van der Waals surface area contributed by atoms with Crippen LogP contribution in [0.4, 0.5) is 5.69 Å². The number of anilines is 1. The second kappa shape index (κ2) is 7.17. The van der Waals surface area contributed by atoms with Crippen LogP contribution in [0, 0.1) is 0 Å². The van der Waals surface area contributed by atoms with Gasteiger partial charge < -0.3 is 15.0 Å². The van der Waals surface area contributed by atoms with Crippen molar-refractivity contribution >= 4 is 17.5 Å². The Kier molecular flexibility index (Phi) is 4.79. The Morgan fingerprint density at radius 3 is 2.67 bits per heavy atom. The third-order valence-electron chi connectivity index (χ3n) is 4.08. The van der Waals surface area contributed by atoms with Gasteiger partial charge in [0.05, 0.1) is 7.11 Å². The van der Waals surface area contributed by atoms with Gasteiger partial charge >= 0.3 is 0 Å². The lowest BCUT2D eigenvalue weighted by Crippen LogP contribution is -2.24. The number of ether oxygens (including phenoxy) is 1. The van der Waals surface area contributed by atoms with Gasteiger partial charge in [-0.15, -0.1) is 0 Å². The van der Waals surface area contributed by atoms with Gasteiger partial charge in [-0.25, -0.2) is 0 Å². The van der Waals surface area contributed by atoms with Crippen LogP contribution in [-0.2, 0) is 11.3 Å². The molecule has 5 nitrogen and oxygen atoms in total. The van der Waals surface area contributed by atoms with E-state index in [0.717, 1.165) is 24.3 Å². The van der Waals surface area contributed by atoms with Gasteiger partial charge in [-0.05, 0) is 48.4 Å². The lowest BCUT2D eigenvalue weighted by Gasteiger charge is -2.16. The molecule has 0 aromatic heterocycles. The topological polar surface area (TPSA) is 58.6 Å². The van der Waals surface area contributed by atoms with Gasteiger partial charge in [0.2, 0.25) is 5.91 Å². The molecule has 0 unspecified atom stereocenters. The third kappa shape index (κ3) is 3.74. The van der Waals surface area contributed by atoms with Crippen molar-refractivity contribution in [2.24, 2.45) is 0 Å². The van der Waals surface area contributed by atoms with Gasteiger partial charge in [-0.2, -0.15) is 0 Å². The summed E-state index contributed by atoms with van der Waals surface area (Å²) in [6, 6.07) is 14.6. The van der Waals surface area contributed by atoms with Crippen LogP contribution in [0.1, 0.15) is 28.8 Å². The zero-order valence-electron chi connectivity index (χ0n) is 13.6. The molecule has 1 heterocycles. The Labute approximate surface area is 141 Å². The maximum absolute atomic E-state index is 12.4. The molecule has 3 rings (SSSR count). The summed E-state index contributed by atoms with van der Waals surface area (Å²) >= 11 is 0. The molecule has 1 fully saturated rings. The second-order valence-electron chi connectivity index (χ2n) is 5.80. The highest BCUT2D eigenvalue weighted by Gasteiger charge is 2.20. The largest absolute Gasteiger partial charge is 0.497 e. The highest BCUT2D eigenvalue weighted by Crippen LogP contribution is 2.18. The first kappa shape index (κ1) is 16.1. The van der Waals surface area contributed by atoms with Crippen LogP contribution in [0.25, 0.3) is 0 Å². The normalized spacial score (nSPS) is 13.9. The van der Waals surface area contributed by atoms with E-state index in [1.54, 1.807) is 37.4 Å². The van der Waals surface area contributed by atoms with E-state index in [2.05, 4.69) is 5.32 Å². The van der Waals surface area contributed by atoms with E-state index in [1.807, 2.05) is 23.1 Å². The molecule has 1 aliphatic heterocycles. The number of nitrogens with one attached hydrogen (secondary N) is 1. The minimum atomic E-state index is -0.172. The zero-order valence-corrected chi connectivity index (χ0v) is 13.6. The van der Waals surface area contributed by atoms with Gasteiger partial charge in [-0.3, -0.25) is 9.59 Å². The fraction of sp³-hybridized carbons (Fsp3) is 0.263. The number of rotatable bonds is 5. The number of benzene rings is 2. The molecule has 0 saturated carbocycles. The lowest BCUT2D eigenvalue weighted by atomic mass is 10.1. The number of nitrogens with zero attached hydrogens (tertiary/aromatic N) is 1. The van der Waals surface area contributed by atoms with Crippen LogP contribution < -0.4 is 10.1 Å². The Morgan fingerprint density at radius 2 is 2.00 bits per heavy atom. The molecule has 2 aromatic rings. The van der Waals surface area contributed by atoms with Crippen LogP contribution in [0.2, 0.25) is 0 Å². The molecule has 2 amide bonds. The first-order valence-electron chi connectivity index (χ1n) is 7.98. The Hall–Kier alpha value is -2.82. The van der Waals surface area contributed by atoms with E-state index in [0.29, 0.717) is 24.2 Å². The summed E-state index contributed by atoms with van der Waals surface area (Å²) in [7, 11) is 1.60. The molecule has 0 atom stereocenters. The van der Waals surface area contributed by atoms with Crippen LogP contribution in [0.5, 0.6) is 5.75 Å². The average molecular weight is 324 g/mol. The monoisotopic (exact) mass is 324 g/mol. The van der Waals surface area contributed by atoms with Gasteiger partial charge in [0.15, 0.2) is 0 Å². The third-order valence-corrected chi connectivity index (χ3v) is 4.08. The second-order valence-corrected chi connectivity index (χ2v) is 5.80. The Morgan fingerprint density at radius 1 is 1.21 bits per heavy atom. The van der Waals surface area contributed by atoms with E-state index < -0.39 is 0 Å². The van der Waals surface area contributed by atoms with Crippen molar-refractivity contribution < 1.29 is 14.3 Å². The van der Waals surface area contributed by atoms with Crippen molar-refractivity contribution in [3.63, 3.8) is 0 Å². The number of carbonyl (C=O) groups is 2. The zero-order chi connectivity index (χ0) is 16.9. The number of hydrogen-bond acceptors (Lipinski definition) is 3.